The predicted octanol–water partition coefficient (Wildman–Crippen LogP) is 1.01. The van der Waals surface area contributed by atoms with Gasteiger partial charge in [0.15, 0.2) is 0 Å². The van der Waals surface area contributed by atoms with E-state index in [0.717, 1.165) is 5.57 Å². The van der Waals surface area contributed by atoms with E-state index in [1.807, 2.05) is 0 Å². The van der Waals surface area contributed by atoms with Gasteiger partial charge in [0.25, 0.3) is 0 Å². The maximum atomic E-state index is 12.2. The minimum absolute atomic E-state index is 0. The molecule has 0 aromatic heterocycles. The van der Waals surface area contributed by atoms with Gasteiger partial charge in [0.1, 0.15) is 17.1 Å². The molecule has 0 saturated carbocycles. The van der Waals surface area contributed by atoms with Crippen molar-refractivity contribution in [1.82, 2.24) is 4.90 Å². The van der Waals surface area contributed by atoms with E-state index in [2.05, 4.69) is 0 Å². The number of halogens is 1. The Balaban J connectivity index is 0.00000264. The van der Waals surface area contributed by atoms with E-state index in [9.17, 15) is 14.4 Å². The van der Waals surface area contributed by atoms with Gasteiger partial charge in [-0.1, -0.05) is 0 Å². The first-order valence-corrected chi connectivity index (χ1v) is 7.94. The topological polar surface area (TPSA) is 98.9 Å². The van der Waals surface area contributed by atoms with Crippen molar-refractivity contribution in [2.45, 2.75) is 39.1 Å². The Morgan fingerprint density at radius 1 is 1.35 bits per heavy atom. The molecule has 0 aromatic rings. The first kappa shape index (κ1) is 19.8. The van der Waals surface area contributed by atoms with Crippen molar-refractivity contribution in [3.63, 3.8) is 0 Å². The smallest absolute Gasteiger partial charge is 0.357 e. The number of β-lactam (4-membered cyclic amide) rings is 1. The molecular weight excluding hydrogens is 344 g/mol. The predicted molar refractivity (Wildman–Crippen MR) is 87.5 cm³/mol. The third kappa shape index (κ3) is 3.81. The third-order valence-corrected chi connectivity index (χ3v) is 4.83. The molecule has 2 aliphatic heterocycles. The highest BCUT2D eigenvalue weighted by Crippen LogP contribution is 2.39. The first-order valence-electron chi connectivity index (χ1n) is 6.89. The molecule has 0 bridgehead atoms. The Morgan fingerprint density at radius 3 is 2.52 bits per heavy atom. The van der Waals surface area contributed by atoms with E-state index in [-0.39, 0.29) is 29.4 Å². The zero-order valence-corrected chi connectivity index (χ0v) is 15.1. The van der Waals surface area contributed by atoms with E-state index in [1.165, 1.54) is 16.7 Å². The number of fused-ring (bicyclic) bond motifs is 1. The number of amides is 1. The van der Waals surface area contributed by atoms with Crippen molar-refractivity contribution < 1.29 is 23.9 Å². The summed E-state index contributed by atoms with van der Waals surface area (Å²) in [6, 6.07) is -0.584. The van der Waals surface area contributed by atoms with Crippen LogP contribution in [0, 0.1) is 5.41 Å². The minimum Gasteiger partial charge on any atom is -0.427 e. The largest absolute Gasteiger partial charge is 0.427 e. The van der Waals surface area contributed by atoms with E-state index in [1.54, 1.807) is 27.7 Å². The number of nitrogens with two attached hydrogens (primary N) is 1. The molecule has 2 aliphatic rings. The summed E-state index contributed by atoms with van der Waals surface area (Å²) in [5, 5.41) is -0.226. The molecule has 2 atom stereocenters. The Hall–Kier alpha value is -1.25. The van der Waals surface area contributed by atoms with Crippen molar-refractivity contribution in [3.05, 3.63) is 11.3 Å². The lowest BCUT2D eigenvalue weighted by molar-refractivity contribution is -0.173. The van der Waals surface area contributed by atoms with Crippen molar-refractivity contribution in [3.8, 4) is 0 Å². The average molecular weight is 365 g/mol. The van der Waals surface area contributed by atoms with Gasteiger partial charge in [0.05, 0.1) is 5.41 Å². The van der Waals surface area contributed by atoms with Crippen molar-refractivity contribution in [1.29, 1.82) is 0 Å². The van der Waals surface area contributed by atoms with Crippen LogP contribution in [0.3, 0.4) is 0 Å². The average Bonchev–Trinajstić information content (AvgIpc) is 2.44. The van der Waals surface area contributed by atoms with Crippen molar-refractivity contribution in [2.75, 3.05) is 12.5 Å². The summed E-state index contributed by atoms with van der Waals surface area (Å²) in [6.07, 6.45) is 0. The van der Waals surface area contributed by atoms with Gasteiger partial charge in [0.2, 0.25) is 12.7 Å². The van der Waals surface area contributed by atoms with Crippen LogP contribution in [0.25, 0.3) is 0 Å². The molecule has 0 aromatic carbocycles. The molecule has 130 valence electrons. The number of hydrogen-bond donors (Lipinski definition) is 1. The maximum absolute atomic E-state index is 12.2. The summed E-state index contributed by atoms with van der Waals surface area (Å²) >= 11 is 1.52. The van der Waals surface area contributed by atoms with Crippen molar-refractivity contribution >= 4 is 42.0 Å². The molecule has 0 radical (unpaired) electrons. The maximum Gasteiger partial charge on any atom is 0.357 e. The van der Waals surface area contributed by atoms with Gasteiger partial charge < -0.3 is 15.2 Å². The summed E-state index contributed by atoms with van der Waals surface area (Å²) in [5.41, 5.74) is 6.00. The zero-order valence-electron chi connectivity index (χ0n) is 13.5. The Labute approximate surface area is 145 Å². The van der Waals surface area contributed by atoms with E-state index < -0.39 is 30.2 Å². The van der Waals surface area contributed by atoms with Crippen LogP contribution in [0.4, 0.5) is 0 Å². The summed E-state index contributed by atoms with van der Waals surface area (Å²) in [6.45, 7) is 6.39. The Bertz CT molecular complexity index is 558. The van der Waals surface area contributed by atoms with Crippen LogP contribution < -0.4 is 5.73 Å². The molecule has 2 heterocycles. The van der Waals surface area contributed by atoms with Gasteiger partial charge in [-0.15, -0.1) is 24.2 Å². The number of rotatable bonds is 3. The van der Waals surface area contributed by atoms with Gasteiger partial charge in [-0.05, 0) is 33.3 Å². The fraction of sp³-hybridized carbons (Fsp3) is 0.643. The van der Waals surface area contributed by atoms with E-state index in [4.69, 9.17) is 15.2 Å². The molecule has 23 heavy (non-hydrogen) atoms. The van der Waals surface area contributed by atoms with E-state index >= 15 is 0 Å². The molecule has 1 fully saturated rings. The molecular formula is C14H21ClN2O5S. The number of ether oxygens (including phenoxy) is 2. The lowest BCUT2D eigenvalue weighted by Crippen LogP contribution is -2.68. The fourth-order valence-corrected chi connectivity index (χ4v) is 3.32. The normalized spacial score (nSPS) is 23.5. The lowest BCUT2D eigenvalue weighted by atomic mass is 9.98. The molecule has 0 spiro atoms. The number of carbonyl (C=O) groups excluding carboxylic acids is 3. The molecule has 1 saturated heterocycles. The minimum atomic E-state index is -0.676. The van der Waals surface area contributed by atoms with E-state index in [0.29, 0.717) is 5.75 Å². The van der Waals surface area contributed by atoms with Crippen LogP contribution in [0.15, 0.2) is 11.3 Å². The van der Waals surface area contributed by atoms with Crippen LogP contribution in [0.5, 0.6) is 0 Å². The molecule has 9 heteroatoms. The van der Waals surface area contributed by atoms with Crippen LogP contribution in [-0.4, -0.2) is 46.7 Å². The monoisotopic (exact) mass is 364 g/mol. The first-order chi connectivity index (χ1) is 10.1. The molecule has 1 amide bonds. The molecule has 2 N–H and O–H groups in total. The third-order valence-electron chi connectivity index (χ3n) is 3.39. The highest BCUT2D eigenvalue weighted by atomic mass is 35.5. The van der Waals surface area contributed by atoms with Gasteiger partial charge in [0, 0.05) is 5.75 Å². The zero-order chi connectivity index (χ0) is 16.7. The summed E-state index contributed by atoms with van der Waals surface area (Å²) in [7, 11) is 0. The Morgan fingerprint density at radius 2 is 1.96 bits per heavy atom. The SMILES string of the molecule is CC1=C(C(=O)OCOC(=O)C(C)(C)C)N2C(=O)[C@H](N)[C@H]2SC1.Cl. The van der Waals surface area contributed by atoms with Gasteiger partial charge >= 0.3 is 11.9 Å². The van der Waals surface area contributed by atoms with Gasteiger partial charge in [-0.2, -0.15) is 0 Å². The number of thioether (sulfide) groups is 1. The summed E-state index contributed by atoms with van der Waals surface area (Å²) < 4.78 is 9.86. The second-order valence-corrected chi connectivity index (χ2v) is 7.40. The van der Waals surface area contributed by atoms with Gasteiger partial charge in [-0.3, -0.25) is 14.5 Å². The van der Waals surface area contributed by atoms with Crippen LogP contribution in [0.2, 0.25) is 0 Å². The number of esters is 2. The number of nitrogens with zero attached hydrogens (tertiary/aromatic N) is 1. The second-order valence-electron chi connectivity index (χ2n) is 6.30. The molecule has 2 rings (SSSR count). The Kier molecular flexibility index (Phi) is 6.12. The highest BCUT2D eigenvalue weighted by Gasteiger charge is 2.51. The van der Waals surface area contributed by atoms with Crippen LogP contribution >= 0.6 is 24.2 Å². The second kappa shape index (κ2) is 7.11. The quantitative estimate of drug-likeness (QED) is 0.453. The van der Waals surface area contributed by atoms with Crippen molar-refractivity contribution in [2.24, 2.45) is 11.1 Å². The summed E-state index contributed by atoms with van der Waals surface area (Å²) in [4.78, 5) is 37.0. The molecule has 0 aliphatic carbocycles. The lowest BCUT2D eigenvalue weighted by Gasteiger charge is -2.47. The van der Waals surface area contributed by atoms with Crippen LogP contribution in [-0.2, 0) is 23.9 Å². The fourth-order valence-electron chi connectivity index (χ4n) is 2.08. The number of hydrogen-bond acceptors (Lipinski definition) is 7. The number of carbonyl (C=O) groups is 3. The molecule has 7 nitrogen and oxygen atoms in total. The standard InChI is InChI=1S/C14H20N2O5S.ClH/c1-7-5-22-11-8(15)10(17)16(11)9(7)12(18)20-6-21-13(19)14(2,3)4;/h8,11H,5-6,15H2,1-4H3;1H/t8-,11+;/m0./s1. The highest BCUT2D eigenvalue weighted by molar-refractivity contribution is 8.00. The summed E-state index contributed by atoms with van der Waals surface area (Å²) in [5.74, 6) is -0.834. The molecule has 0 unspecified atom stereocenters. The van der Waals surface area contributed by atoms with Gasteiger partial charge in [-0.25, -0.2) is 4.79 Å². The van der Waals surface area contributed by atoms with Crippen LogP contribution in [0.1, 0.15) is 27.7 Å².